The summed E-state index contributed by atoms with van der Waals surface area (Å²) in [5.41, 5.74) is 0. The predicted molar refractivity (Wildman–Crippen MR) is 84.7 cm³/mol. The molecule has 7 nitrogen and oxygen atoms in total. The molecule has 0 aliphatic rings. The first-order chi connectivity index (χ1) is 10.9. The number of benzene rings is 1. The van der Waals surface area contributed by atoms with E-state index in [9.17, 15) is 14.4 Å². The number of imide groups is 1. The number of esters is 1. The number of amides is 3. The first-order valence-corrected chi connectivity index (χ1v) is 7.43. The average molecular weight is 363 g/mol. The molecule has 0 unspecified atom stereocenters. The second kappa shape index (κ2) is 9.91. The summed E-state index contributed by atoms with van der Waals surface area (Å²) in [5, 5.41) is 5.05. The van der Waals surface area contributed by atoms with Crippen molar-refractivity contribution in [1.82, 2.24) is 10.6 Å². The molecule has 0 heterocycles. The van der Waals surface area contributed by atoms with Crippen LogP contribution in [0.5, 0.6) is 5.75 Å². The van der Waals surface area contributed by atoms with Gasteiger partial charge in [0.25, 0.3) is 5.91 Å². The minimum atomic E-state index is -0.707. The molecule has 0 aromatic heterocycles. The molecule has 0 atom stereocenters. The second-order valence-corrected chi connectivity index (χ2v) is 5.16. The summed E-state index contributed by atoms with van der Waals surface area (Å²) in [7, 11) is 1.36. The zero-order chi connectivity index (χ0) is 17.2. The van der Waals surface area contributed by atoms with Crippen molar-refractivity contribution in [3.05, 3.63) is 28.2 Å². The minimum Gasteiger partial charge on any atom is -0.492 e. The Balaban J connectivity index is 2.19. The summed E-state index contributed by atoms with van der Waals surface area (Å²) in [6, 6.07) is 4.16. The maximum absolute atomic E-state index is 11.4. The third-order valence-corrected chi connectivity index (χ3v) is 3.05. The lowest BCUT2D eigenvalue weighted by molar-refractivity contribution is -0.148. The van der Waals surface area contributed by atoms with E-state index in [4.69, 9.17) is 32.7 Å². The highest BCUT2D eigenvalue weighted by Gasteiger charge is 2.10. The normalized spacial score (nSPS) is 9.87. The molecule has 1 aromatic carbocycles. The van der Waals surface area contributed by atoms with Crippen molar-refractivity contribution < 1.29 is 23.9 Å². The van der Waals surface area contributed by atoms with Gasteiger partial charge < -0.3 is 14.8 Å². The molecule has 1 aromatic rings. The van der Waals surface area contributed by atoms with Crippen LogP contribution in [0.2, 0.25) is 10.0 Å². The fourth-order valence-electron chi connectivity index (χ4n) is 1.43. The monoisotopic (exact) mass is 362 g/mol. The predicted octanol–water partition coefficient (Wildman–Crippen LogP) is 2.15. The molecule has 1 rings (SSSR count). The smallest absolute Gasteiger partial charge is 0.321 e. The van der Waals surface area contributed by atoms with Gasteiger partial charge in [0, 0.05) is 18.5 Å². The van der Waals surface area contributed by atoms with Crippen LogP contribution in [0.1, 0.15) is 12.8 Å². The molecule has 9 heteroatoms. The summed E-state index contributed by atoms with van der Waals surface area (Å²) in [4.78, 5) is 33.5. The molecule has 0 fully saturated rings. The van der Waals surface area contributed by atoms with Crippen molar-refractivity contribution in [3.8, 4) is 5.75 Å². The lowest BCUT2D eigenvalue weighted by Gasteiger charge is -2.08. The second-order valence-electron chi connectivity index (χ2n) is 4.31. The van der Waals surface area contributed by atoms with Crippen LogP contribution in [0.25, 0.3) is 0 Å². The van der Waals surface area contributed by atoms with Gasteiger partial charge in [0.15, 0.2) is 6.61 Å². The van der Waals surface area contributed by atoms with Gasteiger partial charge in [-0.1, -0.05) is 23.2 Å². The van der Waals surface area contributed by atoms with Gasteiger partial charge in [-0.25, -0.2) is 4.79 Å². The number of halogens is 2. The lowest BCUT2D eigenvalue weighted by Crippen LogP contribution is -2.39. The van der Waals surface area contributed by atoms with Gasteiger partial charge in [-0.3, -0.25) is 14.9 Å². The molecule has 0 aliphatic heterocycles. The van der Waals surface area contributed by atoms with Gasteiger partial charge in [0.1, 0.15) is 5.75 Å². The van der Waals surface area contributed by atoms with E-state index in [0.29, 0.717) is 22.2 Å². The van der Waals surface area contributed by atoms with Crippen LogP contribution < -0.4 is 15.4 Å². The van der Waals surface area contributed by atoms with Crippen molar-refractivity contribution in [1.29, 1.82) is 0 Å². The zero-order valence-electron chi connectivity index (χ0n) is 12.4. The summed E-state index contributed by atoms with van der Waals surface area (Å²) in [5.74, 6) is -0.806. The highest BCUT2D eigenvalue weighted by molar-refractivity contribution is 6.35. The number of rotatable bonds is 7. The SMILES string of the molecule is CNC(=O)NC(=O)COC(=O)CCCOc1ccc(Cl)cc1Cl. The van der Waals surface area contributed by atoms with E-state index < -0.39 is 24.5 Å². The number of carbonyl (C=O) groups is 3. The lowest BCUT2D eigenvalue weighted by atomic mass is 10.3. The van der Waals surface area contributed by atoms with Gasteiger partial charge in [-0.2, -0.15) is 0 Å². The van der Waals surface area contributed by atoms with Gasteiger partial charge in [0.2, 0.25) is 0 Å². The molecular formula is C14H16Cl2N2O5. The molecule has 2 N–H and O–H groups in total. The average Bonchev–Trinajstić information content (AvgIpc) is 2.51. The molecule has 3 amide bonds. The topological polar surface area (TPSA) is 93.7 Å². The highest BCUT2D eigenvalue weighted by Crippen LogP contribution is 2.27. The maximum Gasteiger partial charge on any atom is 0.321 e. The van der Waals surface area contributed by atoms with Crippen molar-refractivity contribution in [2.75, 3.05) is 20.3 Å². The minimum absolute atomic E-state index is 0.0679. The van der Waals surface area contributed by atoms with Crippen molar-refractivity contribution in [3.63, 3.8) is 0 Å². The number of carbonyl (C=O) groups excluding carboxylic acids is 3. The largest absolute Gasteiger partial charge is 0.492 e. The highest BCUT2D eigenvalue weighted by atomic mass is 35.5. The molecule has 0 aliphatic carbocycles. The summed E-state index contributed by atoms with van der Waals surface area (Å²) >= 11 is 11.7. The summed E-state index contributed by atoms with van der Waals surface area (Å²) in [6.45, 7) is -0.267. The first-order valence-electron chi connectivity index (χ1n) is 6.67. The summed E-state index contributed by atoms with van der Waals surface area (Å²) < 4.78 is 10.1. The van der Waals surface area contributed by atoms with Crippen LogP contribution in [-0.4, -0.2) is 38.2 Å². The number of nitrogens with one attached hydrogen (secondary N) is 2. The van der Waals surface area contributed by atoms with E-state index >= 15 is 0 Å². The molecular weight excluding hydrogens is 347 g/mol. The molecule has 0 saturated carbocycles. The molecule has 0 saturated heterocycles. The third-order valence-electron chi connectivity index (χ3n) is 2.52. The zero-order valence-corrected chi connectivity index (χ0v) is 13.9. The van der Waals surface area contributed by atoms with Gasteiger partial charge in [-0.05, 0) is 24.6 Å². The van der Waals surface area contributed by atoms with E-state index in [2.05, 4.69) is 5.32 Å². The van der Waals surface area contributed by atoms with Crippen LogP contribution in [0.15, 0.2) is 18.2 Å². The van der Waals surface area contributed by atoms with Gasteiger partial charge in [-0.15, -0.1) is 0 Å². The van der Waals surface area contributed by atoms with Crippen molar-refractivity contribution in [2.45, 2.75) is 12.8 Å². The van der Waals surface area contributed by atoms with Gasteiger partial charge >= 0.3 is 12.0 Å². The Kier molecular flexibility index (Phi) is 8.21. The van der Waals surface area contributed by atoms with Crippen LogP contribution >= 0.6 is 23.2 Å². The van der Waals surface area contributed by atoms with Crippen molar-refractivity contribution >= 4 is 41.1 Å². The maximum atomic E-state index is 11.4. The first kappa shape index (κ1) is 19.1. The molecule has 0 radical (unpaired) electrons. The van der Waals surface area contributed by atoms with Crippen LogP contribution in [-0.2, 0) is 14.3 Å². The van der Waals surface area contributed by atoms with E-state index in [-0.39, 0.29) is 13.0 Å². The number of urea groups is 1. The number of hydrogen-bond donors (Lipinski definition) is 2. The third kappa shape index (κ3) is 7.71. The molecule has 23 heavy (non-hydrogen) atoms. The van der Waals surface area contributed by atoms with Crippen LogP contribution in [0.3, 0.4) is 0 Å². The van der Waals surface area contributed by atoms with E-state index in [0.717, 1.165) is 0 Å². The standard InChI is InChI=1S/C14H16Cl2N2O5/c1-17-14(21)18-12(19)8-23-13(20)3-2-6-22-11-5-4-9(15)7-10(11)16/h4-5,7H,2-3,6,8H2,1H3,(H2,17,18,19,21). The van der Waals surface area contributed by atoms with E-state index in [1.807, 2.05) is 5.32 Å². The molecule has 126 valence electrons. The Labute approximate surface area is 143 Å². The molecule has 0 spiro atoms. The van der Waals surface area contributed by atoms with E-state index in [1.54, 1.807) is 18.2 Å². The van der Waals surface area contributed by atoms with Crippen molar-refractivity contribution in [2.24, 2.45) is 0 Å². The molecule has 0 bridgehead atoms. The Hall–Kier alpha value is -1.99. The fourth-order valence-corrected chi connectivity index (χ4v) is 1.90. The quantitative estimate of drug-likeness (QED) is 0.572. The number of ether oxygens (including phenoxy) is 2. The number of hydrogen-bond acceptors (Lipinski definition) is 5. The van der Waals surface area contributed by atoms with Gasteiger partial charge in [0.05, 0.1) is 11.6 Å². The summed E-state index contributed by atoms with van der Waals surface area (Å²) in [6.07, 6.45) is 0.452. The Morgan fingerprint density at radius 2 is 1.96 bits per heavy atom. The Morgan fingerprint density at radius 1 is 1.22 bits per heavy atom. The fraction of sp³-hybridized carbons (Fsp3) is 0.357. The Bertz CT molecular complexity index is 580. The van der Waals surface area contributed by atoms with Crippen LogP contribution in [0.4, 0.5) is 4.79 Å². The van der Waals surface area contributed by atoms with E-state index in [1.165, 1.54) is 7.05 Å². The Morgan fingerprint density at radius 3 is 2.61 bits per heavy atom. The van der Waals surface area contributed by atoms with Crippen LogP contribution in [0, 0.1) is 0 Å².